The number of methoxy groups -OCH3 is 1. The highest BCUT2D eigenvalue weighted by Crippen LogP contribution is 2.24. The largest absolute Gasteiger partial charge is 0.384 e. The fourth-order valence-electron chi connectivity index (χ4n) is 1.94. The van der Waals surface area contributed by atoms with Gasteiger partial charge in [0.1, 0.15) is 0 Å². The van der Waals surface area contributed by atoms with Crippen LogP contribution in [0.2, 0.25) is 0 Å². The minimum Gasteiger partial charge on any atom is -0.384 e. The Hall–Kier alpha value is -1.17. The number of hydrogen-bond donors (Lipinski definition) is 1. The first-order valence-electron chi connectivity index (χ1n) is 6.45. The molecule has 0 bridgehead atoms. The molecule has 0 atom stereocenters. The number of hydrogen-bond acceptors (Lipinski definition) is 2. The predicted molar refractivity (Wildman–Crippen MR) is 91.8 cm³/mol. The van der Waals surface area contributed by atoms with Gasteiger partial charge in [0.05, 0.1) is 12.2 Å². The SMILES string of the molecule is COCCc1ccccc1NC(=O)c1ccc(Br)cc1Br. The van der Waals surface area contributed by atoms with Crippen molar-refractivity contribution in [3.05, 3.63) is 62.5 Å². The third-order valence-corrected chi connectivity index (χ3v) is 4.17. The summed E-state index contributed by atoms with van der Waals surface area (Å²) in [4.78, 5) is 12.4. The summed E-state index contributed by atoms with van der Waals surface area (Å²) >= 11 is 6.79. The zero-order valence-electron chi connectivity index (χ0n) is 11.5. The van der Waals surface area contributed by atoms with Crippen LogP contribution in [0.15, 0.2) is 51.4 Å². The quantitative estimate of drug-likeness (QED) is 0.775. The van der Waals surface area contributed by atoms with E-state index in [2.05, 4.69) is 37.2 Å². The van der Waals surface area contributed by atoms with E-state index in [9.17, 15) is 4.79 Å². The first-order valence-corrected chi connectivity index (χ1v) is 8.03. The van der Waals surface area contributed by atoms with Gasteiger partial charge in [-0.2, -0.15) is 0 Å². The molecule has 0 unspecified atom stereocenters. The van der Waals surface area contributed by atoms with E-state index in [1.807, 2.05) is 36.4 Å². The highest BCUT2D eigenvalue weighted by molar-refractivity contribution is 9.11. The molecule has 1 N–H and O–H groups in total. The van der Waals surface area contributed by atoms with E-state index in [-0.39, 0.29) is 5.91 Å². The Kier molecular flexibility index (Phi) is 5.96. The molecule has 110 valence electrons. The Balaban J connectivity index is 2.19. The summed E-state index contributed by atoms with van der Waals surface area (Å²) in [6, 6.07) is 13.2. The number of carbonyl (C=O) groups excluding carboxylic acids is 1. The molecule has 0 aliphatic rings. The monoisotopic (exact) mass is 411 g/mol. The van der Waals surface area contributed by atoms with Gasteiger partial charge in [-0.25, -0.2) is 0 Å². The third kappa shape index (κ3) is 4.40. The van der Waals surface area contributed by atoms with Crippen LogP contribution in [0.3, 0.4) is 0 Å². The fourth-order valence-corrected chi connectivity index (χ4v) is 3.16. The maximum Gasteiger partial charge on any atom is 0.256 e. The molecule has 0 spiro atoms. The summed E-state index contributed by atoms with van der Waals surface area (Å²) in [7, 11) is 1.67. The molecule has 0 saturated carbocycles. The van der Waals surface area contributed by atoms with Crippen LogP contribution in [0, 0.1) is 0 Å². The number of nitrogens with one attached hydrogen (secondary N) is 1. The van der Waals surface area contributed by atoms with Gasteiger partial charge in [-0.05, 0) is 52.2 Å². The van der Waals surface area contributed by atoms with Gasteiger partial charge in [0.15, 0.2) is 0 Å². The van der Waals surface area contributed by atoms with Crippen molar-refractivity contribution in [3.63, 3.8) is 0 Å². The summed E-state index contributed by atoms with van der Waals surface area (Å²) < 4.78 is 6.77. The lowest BCUT2D eigenvalue weighted by Gasteiger charge is -2.11. The maximum absolute atomic E-state index is 12.4. The van der Waals surface area contributed by atoms with E-state index in [1.165, 1.54) is 0 Å². The molecule has 5 heteroatoms. The van der Waals surface area contributed by atoms with Gasteiger partial charge in [-0.1, -0.05) is 34.1 Å². The molecule has 0 aliphatic carbocycles. The van der Waals surface area contributed by atoms with Gasteiger partial charge < -0.3 is 10.1 Å². The van der Waals surface area contributed by atoms with Crippen LogP contribution in [0.4, 0.5) is 5.69 Å². The predicted octanol–water partition coefficient (Wildman–Crippen LogP) is 4.65. The zero-order valence-corrected chi connectivity index (χ0v) is 14.7. The number of benzene rings is 2. The lowest BCUT2D eigenvalue weighted by Crippen LogP contribution is -2.14. The number of ether oxygens (including phenoxy) is 1. The van der Waals surface area contributed by atoms with E-state index < -0.39 is 0 Å². The molecular weight excluding hydrogens is 398 g/mol. The molecule has 0 heterocycles. The topological polar surface area (TPSA) is 38.3 Å². The lowest BCUT2D eigenvalue weighted by atomic mass is 10.1. The first-order chi connectivity index (χ1) is 10.1. The Morgan fingerprint density at radius 3 is 2.67 bits per heavy atom. The third-order valence-electron chi connectivity index (χ3n) is 3.02. The lowest BCUT2D eigenvalue weighted by molar-refractivity contribution is 0.102. The van der Waals surface area contributed by atoms with Gasteiger partial charge >= 0.3 is 0 Å². The average Bonchev–Trinajstić information content (AvgIpc) is 2.46. The standard InChI is InChI=1S/C16H15Br2NO2/c1-21-9-8-11-4-2-3-5-15(11)19-16(20)13-7-6-12(17)10-14(13)18/h2-7,10H,8-9H2,1H3,(H,19,20). The number of para-hydroxylation sites is 1. The molecule has 0 aliphatic heterocycles. The minimum atomic E-state index is -0.140. The molecule has 2 aromatic carbocycles. The van der Waals surface area contributed by atoms with Crippen molar-refractivity contribution in [2.45, 2.75) is 6.42 Å². The Morgan fingerprint density at radius 1 is 1.19 bits per heavy atom. The number of halogens is 2. The van der Waals surface area contributed by atoms with Crippen LogP contribution in [-0.4, -0.2) is 19.6 Å². The van der Waals surface area contributed by atoms with Gasteiger partial charge in [0.25, 0.3) is 5.91 Å². The van der Waals surface area contributed by atoms with Crippen LogP contribution < -0.4 is 5.32 Å². The van der Waals surface area contributed by atoms with Crippen LogP contribution in [0.1, 0.15) is 15.9 Å². The summed E-state index contributed by atoms with van der Waals surface area (Å²) in [5.74, 6) is -0.140. The minimum absolute atomic E-state index is 0.140. The number of amides is 1. The van der Waals surface area contributed by atoms with Crippen molar-refractivity contribution in [1.82, 2.24) is 0 Å². The van der Waals surface area contributed by atoms with Crippen LogP contribution in [-0.2, 0) is 11.2 Å². The van der Waals surface area contributed by atoms with Crippen LogP contribution in [0.5, 0.6) is 0 Å². The smallest absolute Gasteiger partial charge is 0.256 e. The molecule has 0 fully saturated rings. The second kappa shape index (κ2) is 7.73. The van der Waals surface area contributed by atoms with Crippen LogP contribution >= 0.6 is 31.9 Å². The highest BCUT2D eigenvalue weighted by Gasteiger charge is 2.12. The van der Waals surface area contributed by atoms with E-state index in [0.717, 1.165) is 26.6 Å². The first kappa shape index (κ1) is 16.2. The summed E-state index contributed by atoms with van der Waals surface area (Å²) in [6.45, 7) is 0.620. The highest BCUT2D eigenvalue weighted by atomic mass is 79.9. The average molecular weight is 413 g/mol. The number of carbonyl (C=O) groups is 1. The Bertz CT molecular complexity index is 644. The van der Waals surface area contributed by atoms with Crippen molar-refractivity contribution in [3.8, 4) is 0 Å². The molecule has 0 radical (unpaired) electrons. The zero-order chi connectivity index (χ0) is 15.2. The van der Waals surface area contributed by atoms with Crippen molar-refractivity contribution >= 4 is 43.5 Å². The van der Waals surface area contributed by atoms with Gasteiger partial charge in [-0.15, -0.1) is 0 Å². The van der Waals surface area contributed by atoms with E-state index in [4.69, 9.17) is 4.74 Å². The van der Waals surface area contributed by atoms with Crippen molar-refractivity contribution in [1.29, 1.82) is 0 Å². The second-order valence-electron chi connectivity index (χ2n) is 4.48. The Labute approximate surface area is 141 Å². The van der Waals surface area contributed by atoms with Gasteiger partial charge in [-0.3, -0.25) is 4.79 Å². The molecule has 1 amide bonds. The van der Waals surface area contributed by atoms with Crippen molar-refractivity contribution in [2.24, 2.45) is 0 Å². The molecule has 21 heavy (non-hydrogen) atoms. The van der Waals surface area contributed by atoms with Crippen molar-refractivity contribution < 1.29 is 9.53 Å². The van der Waals surface area contributed by atoms with E-state index in [0.29, 0.717) is 12.2 Å². The number of anilines is 1. The summed E-state index contributed by atoms with van der Waals surface area (Å²) in [5.41, 5.74) is 2.47. The molecular formula is C16H15Br2NO2. The van der Waals surface area contributed by atoms with Gasteiger partial charge in [0.2, 0.25) is 0 Å². The number of rotatable bonds is 5. The normalized spacial score (nSPS) is 10.4. The Morgan fingerprint density at radius 2 is 1.95 bits per heavy atom. The second-order valence-corrected chi connectivity index (χ2v) is 6.25. The summed E-state index contributed by atoms with van der Waals surface area (Å²) in [5, 5.41) is 2.96. The molecule has 0 saturated heterocycles. The molecule has 0 aromatic heterocycles. The van der Waals surface area contributed by atoms with E-state index >= 15 is 0 Å². The van der Waals surface area contributed by atoms with E-state index in [1.54, 1.807) is 13.2 Å². The fraction of sp³-hybridized carbons (Fsp3) is 0.188. The van der Waals surface area contributed by atoms with Crippen molar-refractivity contribution in [2.75, 3.05) is 19.0 Å². The maximum atomic E-state index is 12.4. The summed E-state index contributed by atoms with van der Waals surface area (Å²) in [6.07, 6.45) is 0.758. The van der Waals surface area contributed by atoms with Crippen LogP contribution in [0.25, 0.3) is 0 Å². The molecule has 3 nitrogen and oxygen atoms in total. The van der Waals surface area contributed by atoms with Gasteiger partial charge in [0, 0.05) is 21.7 Å². The molecule has 2 aromatic rings. The molecule has 2 rings (SSSR count).